The molecule has 0 heterocycles. The second kappa shape index (κ2) is 5.48. The zero-order chi connectivity index (χ0) is 7.11. The molecular weight excluding hydrogens is 116 g/mol. The van der Waals surface area contributed by atoms with Crippen LogP contribution < -0.4 is 0 Å². The monoisotopic (exact) mass is 130 g/mol. The van der Waals surface area contributed by atoms with Gasteiger partial charge in [-0.3, -0.25) is 0 Å². The molecule has 0 N–H and O–H groups in total. The van der Waals surface area contributed by atoms with Crippen LogP contribution in [-0.2, 0) is 9.47 Å². The van der Waals surface area contributed by atoms with Gasteiger partial charge in [0.1, 0.15) is 0 Å². The molecule has 0 amide bonds. The van der Waals surface area contributed by atoms with E-state index in [-0.39, 0.29) is 0 Å². The summed E-state index contributed by atoms with van der Waals surface area (Å²) in [6.07, 6.45) is 2.85. The molecule has 0 aliphatic carbocycles. The summed E-state index contributed by atoms with van der Waals surface area (Å²) in [5, 5.41) is 0. The third kappa shape index (κ3) is 3.88. The van der Waals surface area contributed by atoms with Crippen molar-refractivity contribution >= 4 is 0 Å². The Bertz CT molecular complexity index is 86.9. The van der Waals surface area contributed by atoms with Gasteiger partial charge in [0.2, 0.25) is 0 Å². The van der Waals surface area contributed by atoms with Crippen LogP contribution in [0.4, 0.5) is 0 Å². The van der Waals surface area contributed by atoms with Crippen LogP contribution in [0.1, 0.15) is 20.3 Å². The zero-order valence-electron chi connectivity index (χ0n) is 6.31. The van der Waals surface area contributed by atoms with Gasteiger partial charge in [0.15, 0.2) is 0 Å². The number of ether oxygens (including phenoxy) is 2. The lowest BCUT2D eigenvalue weighted by Gasteiger charge is -2.04. The first-order valence-corrected chi connectivity index (χ1v) is 3.22. The third-order valence-corrected chi connectivity index (χ3v) is 0.859. The van der Waals surface area contributed by atoms with Crippen molar-refractivity contribution < 1.29 is 9.47 Å². The van der Waals surface area contributed by atoms with E-state index >= 15 is 0 Å². The fourth-order valence-corrected chi connectivity index (χ4v) is 0.510. The standard InChI is InChI=1S/C7H14O2/c1-4-6-7(8-3)9-5-2/h6H,4-5H2,1-3H3. The predicted octanol–water partition coefficient (Wildman–Crippen LogP) is 1.92. The molecular formula is C7H14O2. The molecule has 2 heteroatoms. The molecule has 54 valence electrons. The minimum absolute atomic E-state index is 0.625. The zero-order valence-corrected chi connectivity index (χ0v) is 6.31. The van der Waals surface area contributed by atoms with Gasteiger partial charge in [-0.25, -0.2) is 0 Å². The molecule has 2 nitrogen and oxygen atoms in total. The summed E-state index contributed by atoms with van der Waals surface area (Å²) in [6, 6.07) is 0. The van der Waals surface area contributed by atoms with Crippen LogP contribution in [0, 0.1) is 0 Å². The first-order valence-electron chi connectivity index (χ1n) is 3.22. The average Bonchev–Trinajstić information content (AvgIpc) is 1.88. The van der Waals surface area contributed by atoms with E-state index in [1.807, 2.05) is 19.9 Å². The number of hydrogen-bond donors (Lipinski definition) is 0. The van der Waals surface area contributed by atoms with Gasteiger partial charge in [0, 0.05) is 0 Å². The van der Waals surface area contributed by atoms with Crippen molar-refractivity contribution in [2.24, 2.45) is 0 Å². The molecule has 0 aliphatic heterocycles. The molecule has 0 spiro atoms. The van der Waals surface area contributed by atoms with E-state index in [9.17, 15) is 0 Å². The maximum Gasteiger partial charge on any atom is 0.274 e. The van der Waals surface area contributed by atoms with Gasteiger partial charge >= 0.3 is 0 Å². The van der Waals surface area contributed by atoms with Crippen LogP contribution in [-0.4, -0.2) is 13.7 Å². The molecule has 0 saturated heterocycles. The van der Waals surface area contributed by atoms with Crippen molar-refractivity contribution in [3.8, 4) is 0 Å². The number of methoxy groups -OCH3 is 1. The number of allylic oxidation sites excluding steroid dienone is 1. The second-order valence-corrected chi connectivity index (χ2v) is 1.57. The van der Waals surface area contributed by atoms with Crippen molar-refractivity contribution in [1.29, 1.82) is 0 Å². The molecule has 0 aromatic rings. The maximum atomic E-state index is 5.07. The third-order valence-electron chi connectivity index (χ3n) is 0.859. The summed E-state index contributed by atoms with van der Waals surface area (Å²) in [6.45, 7) is 4.64. The molecule has 0 bridgehead atoms. The second-order valence-electron chi connectivity index (χ2n) is 1.57. The van der Waals surface area contributed by atoms with E-state index < -0.39 is 0 Å². The summed E-state index contributed by atoms with van der Waals surface area (Å²) in [5.41, 5.74) is 0. The summed E-state index contributed by atoms with van der Waals surface area (Å²) < 4.78 is 9.94. The van der Waals surface area contributed by atoms with Crippen LogP contribution in [0.15, 0.2) is 12.0 Å². The van der Waals surface area contributed by atoms with Gasteiger partial charge in [-0.15, -0.1) is 0 Å². The Morgan fingerprint density at radius 1 is 1.44 bits per heavy atom. The molecule has 9 heavy (non-hydrogen) atoms. The lowest BCUT2D eigenvalue weighted by atomic mass is 10.5. The summed E-state index contributed by atoms with van der Waals surface area (Å²) in [4.78, 5) is 0. The Morgan fingerprint density at radius 2 is 2.11 bits per heavy atom. The first kappa shape index (κ1) is 8.34. The average molecular weight is 130 g/mol. The van der Waals surface area contributed by atoms with Crippen molar-refractivity contribution in [3.05, 3.63) is 12.0 Å². The van der Waals surface area contributed by atoms with Crippen LogP contribution in [0.2, 0.25) is 0 Å². The first-order chi connectivity index (χ1) is 4.35. The molecule has 0 rings (SSSR count). The molecule has 0 saturated carbocycles. The highest BCUT2D eigenvalue weighted by Crippen LogP contribution is 1.98. The topological polar surface area (TPSA) is 18.5 Å². The quantitative estimate of drug-likeness (QED) is 0.541. The van der Waals surface area contributed by atoms with E-state index in [0.29, 0.717) is 12.6 Å². The minimum Gasteiger partial charge on any atom is -0.469 e. The summed E-state index contributed by atoms with van der Waals surface area (Å²) in [7, 11) is 1.61. The highest BCUT2D eigenvalue weighted by Gasteiger charge is 1.89. The van der Waals surface area contributed by atoms with E-state index in [1.165, 1.54) is 0 Å². The van der Waals surface area contributed by atoms with Gasteiger partial charge in [0.05, 0.1) is 13.7 Å². The van der Waals surface area contributed by atoms with Gasteiger partial charge in [0.25, 0.3) is 5.95 Å². The molecule has 0 aliphatic rings. The van der Waals surface area contributed by atoms with Crippen molar-refractivity contribution in [3.63, 3.8) is 0 Å². The molecule has 0 aromatic carbocycles. The van der Waals surface area contributed by atoms with Crippen LogP contribution in [0.3, 0.4) is 0 Å². The van der Waals surface area contributed by atoms with Crippen LogP contribution >= 0.6 is 0 Å². The number of rotatable bonds is 4. The lowest BCUT2D eigenvalue weighted by Crippen LogP contribution is -1.92. The summed E-state index contributed by atoms with van der Waals surface area (Å²) >= 11 is 0. The Balaban J connectivity index is 3.53. The van der Waals surface area contributed by atoms with Crippen LogP contribution in [0.25, 0.3) is 0 Å². The Kier molecular flexibility index (Phi) is 5.07. The normalized spacial score (nSPS) is 11.2. The SMILES string of the molecule is CCC=C(OC)OCC. The minimum atomic E-state index is 0.625. The van der Waals surface area contributed by atoms with Gasteiger partial charge < -0.3 is 9.47 Å². The van der Waals surface area contributed by atoms with E-state index in [0.717, 1.165) is 6.42 Å². The summed E-state index contributed by atoms with van der Waals surface area (Å²) in [5.74, 6) is 0.625. The van der Waals surface area contributed by atoms with Crippen molar-refractivity contribution in [2.75, 3.05) is 13.7 Å². The Morgan fingerprint density at radius 3 is 2.44 bits per heavy atom. The predicted molar refractivity (Wildman–Crippen MR) is 37.0 cm³/mol. The van der Waals surface area contributed by atoms with Crippen LogP contribution in [0.5, 0.6) is 0 Å². The highest BCUT2D eigenvalue weighted by molar-refractivity contribution is 4.81. The Labute approximate surface area is 56.5 Å². The van der Waals surface area contributed by atoms with Gasteiger partial charge in [-0.2, -0.15) is 0 Å². The lowest BCUT2D eigenvalue weighted by molar-refractivity contribution is 0.0678. The smallest absolute Gasteiger partial charge is 0.274 e. The maximum absolute atomic E-state index is 5.07. The van der Waals surface area contributed by atoms with Gasteiger partial charge in [-0.1, -0.05) is 6.92 Å². The van der Waals surface area contributed by atoms with E-state index in [1.54, 1.807) is 7.11 Å². The van der Waals surface area contributed by atoms with Gasteiger partial charge in [-0.05, 0) is 19.4 Å². The van der Waals surface area contributed by atoms with E-state index in [4.69, 9.17) is 9.47 Å². The largest absolute Gasteiger partial charge is 0.469 e. The fourth-order valence-electron chi connectivity index (χ4n) is 0.510. The molecule has 0 fully saturated rings. The molecule has 0 atom stereocenters. The number of hydrogen-bond acceptors (Lipinski definition) is 2. The van der Waals surface area contributed by atoms with Crippen molar-refractivity contribution in [1.82, 2.24) is 0 Å². The van der Waals surface area contributed by atoms with E-state index in [2.05, 4.69) is 0 Å². The Hall–Kier alpha value is -0.660. The molecule has 0 unspecified atom stereocenters. The highest BCUT2D eigenvalue weighted by atomic mass is 16.7. The fraction of sp³-hybridized carbons (Fsp3) is 0.714. The molecule has 0 aromatic heterocycles. The van der Waals surface area contributed by atoms with Crippen molar-refractivity contribution in [2.45, 2.75) is 20.3 Å². The molecule has 0 radical (unpaired) electrons.